The second kappa shape index (κ2) is 12.0. The largest absolute Gasteiger partial charge is 0.481 e. The number of carboxylic acid groups (broad SMARTS) is 1. The Balaban J connectivity index is 2.41. The number of aliphatic hydroxyl groups is 2. The van der Waals surface area contributed by atoms with E-state index >= 15 is 0 Å². The minimum atomic E-state index is -0.797. The second-order valence-electron chi connectivity index (χ2n) is 6.86. The van der Waals surface area contributed by atoms with Gasteiger partial charge in [-0.25, -0.2) is 0 Å². The highest BCUT2D eigenvalue weighted by atomic mass is 16.4. The van der Waals surface area contributed by atoms with Crippen LogP contribution in [0.5, 0.6) is 0 Å². The summed E-state index contributed by atoms with van der Waals surface area (Å²) < 4.78 is 0. The number of Topliss-reactive ketones (excluding diaryl/α,β-unsaturated/α-hetero) is 1. The van der Waals surface area contributed by atoms with Crippen LogP contribution in [-0.4, -0.2) is 39.3 Å². The fourth-order valence-corrected chi connectivity index (χ4v) is 3.27. The normalized spacial score (nSPS) is 25.2. The van der Waals surface area contributed by atoms with E-state index in [0.29, 0.717) is 19.3 Å². The summed E-state index contributed by atoms with van der Waals surface area (Å²) in [6.07, 6.45) is 11.9. The lowest BCUT2D eigenvalue weighted by Crippen LogP contribution is -2.19. The molecule has 0 saturated heterocycles. The Bertz CT molecular complexity index is 469. The minimum Gasteiger partial charge on any atom is -0.481 e. The van der Waals surface area contributed by atoms with Gasteiger partial charge >= 0.3 is 5.97 Å². The Kier molecular flexibility index (Phi) is 10.3. The first-order valence-corrected chi connectivity index (χ1v) is 9.39. The molecule has 0 spiro atoms. The summed E-state index contributed by atoms with van der Waals surface area (Å²) in [5.74, 6) is -0.990. The summed E-state index contributed by atoms with van der Waals surface area (Å²) in [4.78, 5) is 22.4. The molecule has 0 radical (unpaired) electrons. The minimum absolute atomic E-state index is 0.128. The van der Waals surface area contributed by atoms with Gasteiger partial charge in [-0.2, -0.15) is 0 Å². The van der Waals surface area contributed by atoms with Gasteiger partial charge in [0.2, 0.25) is 0 Å². The molecule has 0 unspecified atom stereocenters. The molecule has 0 aromatic heterocycles. The molecule has 1 saturated carbocycles. The van der Waals surface area contributed by atoms with Crippen molar-refractivity contribution < 1.29 is 24.9 Å². The van der Waals surface area contributed by atoms with Gasteiger partial charge in [0, 0.05) is 24.7 Å². The van der Waals surface area contributed by atoms with E-state index in [0.717, 1.165) is 25.7 Å². The van der Waals surface area contributed by atoms with E-state index in [9.17, 15) is 19.8 Å². The zero-order chi connectivity index (χ0) is 18.7. The third-order valence-electron chi connectivity index (χ3n) is 4.71. The summed E-state index contributed by atoms with van der Waals surface area (Å²) in [6, 6.07) is 0. The number of ketones is 1. The quantitative estimate of drug-likeness (QED) is 0.370. The highest BCUT2D eigenvalue weighted by Crippen LogP contribution is 2.34. The van der Waals surface area contributed by atoms with E-state index < -0.39 is 18.2 Å². The van der Waals surface area contributed by atoms with Gasteiger partial charge in [0.15, 0.2) is 0 Å². The van der Waals surface area contributed by atoms with Crippen LogP contribution in [-0.2, 0) is 9.59 Å². The molecule has 0 aromatic carbocycles. The molecule has 0 bridgehead atoms. The Morgan fingerprint density at radius 2 is 2.04 bits per heavy atom. The van der Waals surface area contributed by atoms with E-state index in [4.69, 9.17) is 5.11 Å². The van der Waals surface area contributed by atoms with Gasteiger partial charge < -0.3 is 15.3 Å². The van der Waals surface area contributed by atoms with E-state index in [1.807, 2.05) is 12.2 Å². The van der Waals surface area contributed by atoms with Crippen LogP contribution >= 0.6 is 0 Å². The van der Waals surface area contributed by atoms with E-state index in [1.54, 1.807) is 12.2 Å². The van der Waals surface area contributed by atoms with Gasteiger partial charge in [0.05, 0.1) is 12.2 Å². The monoisotopic (exact) mass is 352 g/mol. The average molecular weight is 352 g/mol. The molecule has 5 heteroatoms. The number of allylic oxidation sites excluding steroid dienone is 1. The number of carboxylic acids is 1. The maximum absolute atomic E-state index is 12.0. The molecule has 1 aliphatic rings. The van der Waals surface area contributed by atoms with Crippen LogP contribution in [0.3, 0.4) is 0 Å². The van der Waals surface area contributed by atoms with Gasteiger partial charge in [0.25, 0.3) is 0 Å². The van der Waals surface area contributed by atoms with Gasteiger partial charge in [-0.3, -0.25) is 9.59 Å². The highest BCUT2D eigenvalue weighted by molar-refractivity contribution is 5.84. The molecule has 0 heterocycles. The standard InChI is InChI=1S/C20H32O5/c1-2-3-6-10-16-17(19(23)14-18(16)22)13-12-15(21)9-7-4-5-8-11-20(24)25/h4,7,12-13,15-17,19,21,23H,2-3,5-6,8-11,14H2,1H3,(H,24,25)/b7-4-,13-12+/t15-,16-,17+,19+/m0/s1. The number of carbonyl (C=O) groups is 2. The first-order chi connectivity index (χ1) is 12.0. The van der Waals surface area contributed by atoms with Crippen LogP contribution in [0.4, 0.5) is 0 Å². The van der Waals surface area contributed by atoms with Crippen LogP contribution < -0.4 is 0 Å². The van der Waals surface area contributed by atoms with E-state index in [2.05, 4.69) is 6.92 Å². The molecule has 3 N–H and O–H groups in total. The Labute approximate surface area is 150 Å². The zero-order valence-electron chi connectivity index (χ0n) is 15.1. The number of aliphatic hydroxyl groups excluding tert-OH is 2. The number of carbonyl (C=O) groups excluding carboxylic acids is 1. The average Bonchev–Trinajstić information content (AvgIpc) is 2.82. The van der Waals surface area contributed by atoms with Gasteiger partial charge in [0.1, 0.15) is 5.78 Å². The van der Waals surface area contributed by atoms with Crippen LogP contribution in [0.15, 0.2) is 24.3 Å². The molecule has 5 nitrogen and oxygen atoms in total. The van der Waals surface area contributed by atoms with Gasteiger partial charge in [-0.05, 0) is 25.7 Å². The van der Waals surface area contributed by atoms with Gasteiger partial charge in [-0.15, -0.1) is 0 Å². The fourth-order valence-electron chi connectivity index (χ4n) is 3.27. The number of rotatable bonds is 12. The lowest BCUT2D eigenvalue weighted by Gasteiger charge is -2.17. The molecule has 142 valence electrons. The predicted molar refractivity (Wildman–Crippen MR) is 97.1 cm³/mol. The maximum atomic E-state index is 12.0. The predicted octanol–water partition coefficient (Wildman–Crippen LogP) is 3.25. The summed E-state index contributed by atoms with van der Waals surface area (Å²) in [5, 5.41) is 28.7. The van der Waals surface area contributed by atoms with Crippen LogP contribution in [0.1, 0.15) is 64.7 Å². The van der Waals surface area contributed by atoms with Crippen molar-refractivity contribution in [3.05, 3.63) is 24.3 Å². The van der Waals surface area contributed by atoms with Crippen LogP contribution in [0.25, 0.3) is 0 Å². The second-order valence-corrected chi connectivity index (χ2v) is 6.86. The third-order valence-corrected chi connectivity index (χ3v) is 4.71. The summed E-state index contributed by atoms with van der Waals surface area (Å²) in [6.45, 7) is 2.12. The number of hydrogen-bond acceptors (Lipinski definition) is 4. The molecule has 25 heavy (non-hydrogen) atoms. The zero-order valence-corrected chi connectivity index (χ0v) is 15.1. The lowest BCUT2D eigenvalue weighted by atomic mass is 9.88. The van der Waals surface area contributed by atoms with Gasteiger partial charge in [-0.1, -0.05) is 50.5 Å². The lowest BCUT2D eigenvalue weighted by molar-refractivity contribution is -0.137. The molecule has 1 aliphatic carbocycles. The first-order valence-electron chi connectivity index (χ1n) is 9.39. The van der Waals surface area contributed by atoms with Crippen molar-refractivity contribution in [3.63, 3.8) is 0 Å². The third kappa shape index (κ3) is 8.45. The maximum Gasteiger partial charge on any atom is 0.303 e. The van der Waals surface area contributed by atoms with Crippen molar-refractivity contribution in [2.24, 2.45) is 11.8 Å². The molecular weight excluding hydrogens is 320 g/mol. The molecular formula is C20H32O5. The molecule has 0 aliphatic heterocycles. The SMILES string of the molecule is CCCCC[C@@H]1C(=O)C[C@@H](O)[C@@H]1/C=C/[C@@H](O)C/C=C\CCCC(=O)O. The molecule has 0 aromatic rings. The number of hydrogen-bond donors (Lipinski definition) is 3. The molecule has 4 atom stereocenters. The fraction of sp³-hybridized carbons (Fsp3) is 0.700. The topological polar surface area (TPSA) is 94.8 Å². The van der Waals surface area contributed by atoms with Crippen molar-refractivity contribution in [3.8, 4) is 0 Å². The van der Waals surface area contributed by atoms with Crippen molar-refractivity contribution in [1.82, 2.24) is 0 Å². The number of aliphatic carboxylic acids is 1. The molecule has 1 fully saturated rings. The summed E-state index contributed by atoms with van der Waals surface area (Å²) >= 11 is 0. The van der Waals surface area contributed by atoms with Crippen molar-refractivity contribution in [1.29, 1.82) is 0 Å². The summed E-state index contributed by atoms with van der Waals surface area (Å²) in [7, 11) is 0. The summed E-state index contributed by atoms with van der Waals surface area (Å²) in [5.41, 5.74) is 0. The number of unbranched alkanes of at least 4 members (excludes halogenated alkanes) is 3. The molecule has 0 amide bonds. The Morgan fingerprint density at radius 1 is 1.28 bits per heavy atom. The Hall–Kier alpha value is -1.46. The van der Waals surface area contributed by atoms with E-state index in [1.165, 1.54) is 0 Å². The van der Waals surface area contributed by atoms with Crippen LogP contribution in [0.2, 0.25) is 0 Å². The molecule has 1 rings (SSSR count). The highest BCUT2D eigenvalue weighted by Gasteiger charge is 2.39. The van der Waals surface area contributed by atoms with Crippen molar-refractivity contribution >= 4 is 11.8 Å². The Morgan fingerprint density at radius 3 is 2.72 bits per heavy atom. The van der Waals surface area contributed by atoms with Crippen molar-refractivity contribution in [2.45, 2.75) is 76.9 Å². The van der Waals surface area contributed by atoms with Crippen LogP contribution in [0, 0.1) is 11.8 Å². The van der Waals surface area contributed by atoms with E-state index in [-0.39, 0.29) is 30.5 Å². The van der Waals surface area contributed by atoms with Crippen molar-refractivity contribution in [2.75, 3.05) is 0 Å². The smallest absolute Gasteiger partial charge is 0.303 e. The first kappa shape index (κ1) is 21.6.